The SMILES string of the molecule is CC1CCC(NC(=O)c2cnn(C)c2)(C(=O)O)CC1. The number of carbonyl (C=O) groups is 2. The van der Waals surface area contributed by atoms with Crippen LogP contribution in [-0.2, 0) is 11.8 Å². The second-order valence-corrected chi connectivity index (χ2v) is 5.43. The number of carboxylic acids is 1. The van der Waals surface area contributed by atoms with Crippen molar-refractivity contribution >= 4 is 11.9 Å². The molecule has 2 N–H and O–H groups in total. The summed E-state index contributed by atoms with van der Waals surface area (Å²) in [6.45, 7) is 2.11. The van der Waals surface area contributed by atoms with Crippen LogP contribution in [0.2, 0.25) is 0 Å². The summed E-state index contributed by atoms with van der Waals surface area (Å²) in [6.07, 6.45) is 5.62. The molecule has 1 aliphatic rings. The van der Waals surface area contributed by atoms with Gasteiger partial charge in [0, 0.05) is 13.2 Å². The summed E-state index contributed by atoms with van der Waals surface area (Å²) in [7, 11) is 1.71. The van der Waals surface area contributed by atoms with Crippen LogP contribution >= 0.6 is 0 Å². The first-order chi connectivity index (χ1) is 8.93. The Hall–Kier alpha value is -1.85. The van der Waals surface area contributed by atoms with Gasteiger partial charge in [-0.2, -0.15) is 5.10 Å². The maximum Gasteiger partial charge on any atom is 0.329 e. The van der Waals surface area contributed by atoms with Crippen LogP contribution in [0.1, 0.15) is 43.0 Å². The molecule has 6 heteroatoms. The summed E-state index contributed by atoms with van der Waals surface area (Å²) in [6, 6.07) is 0. The van der Waals surface area contributed by atoms with Crippen LogP contribution in [0.4, 0.5) is 0 Å². The van der Waals surface area contributed by atoms with Gasteiger partial charge < -0.3 is 10.4 Å². The molecule has 0 atom stereocenters. The second kappa shape index (κ2) is 5.03. The molecule has 2 rings (SSSR count). The number of hydrogen-bond donors (Lipinski definition) is 2. The van der Waals surface area contributed by atoms with E-state index in [2.05, 4.69) is 17.3 Å². The molecule has 1 saturated carbocycles. The first-order valence-corrected chi connectivity index (χ1v) is 6.47. The lowest BCUT2D eigenvalue weighted by Gasteiger charge is -2.36. The molecular weight excluding hydrogens is 246 g/mol. The van der Waals surface area contributed by atoms with Gasteiger partial charge in [0.05, 0.1) is 11.8 Å². The number of carboxylic acid groups (broad SMARTS) is 1. The van der Waals surface area contributed by atoms with Crippen LogP contribution in [0.25, 0.3) is 0 Å². The van der Waals surface area contributed by atoms with Crippen molar-refractivity contribution in [1.82, 2.24) is 15.1 Å². The van der Waals surface area contributed by atoms with E-state index in [1.807, 2.05) is 0 Å². The smallest absolute Gasteiger partial charge is 0.329 e. The normalized spacial score (nSPS) is 26.9. The van der Waals surface area contributed by atoms with Gasteiger partial charge in [-0.05, 0) is 31.6 Å². The number of hydrogen-bond acceptors (Lipinski definition) is 3. The fourth-order valence-corrected chi connectivity index (χ4v) is 2.48. The van der Waals surface area contributed by atoms with Gasteiger partial charge in [0.2, 0.25) is 0 Å². The van der Waals surface area contributed by atoms with E-state index in [1.54, 1.807) is 13.2 Å². The number of aliphatic carboxylic acids is 1. The Morgan fingerprint density at radius 1 is 1.47 bits per heavy atom. The van der Waals surface area contributed by atoms with Crippen molar-refractivity contribution in [2.24, 2.45) is 13.0 Å². The van der Waals surface area contributed by atoms with Crippen molar-refractivity contribution in [3.63, 3.8) is 0 Å². The average Bonchev–Trinajstić information content (AvgIpc) is 2.79. The van der Waals surface area contributed by atoms with Gasteiger partial charge in [-0.1, -0.05) is 6.92 Å². The number of carbonyl (C=O) groups excluding carboxylic acids is 1. The van der Waals surface area contributed by atoms with Crippen molar-refractivity contribution in [2.45, 2.75) is 38.1 Å². The zero-order chi connectivity index (χ0) is 14.0. The molecule has 1 aromatic rings. The van der Waals surface area contributed by atoms with Gasteiger partial charge in [-0.3, -0.25) is 9.48 Å². The standard InChI is InChI=1S/C13H19N3O3/c1-9-3-5-13(6-4-9,12(18)19)15-11(17)10-7-14-16(2)8-10/h7-9H,3-6H2,1-2H3,(H,15,17)(H,18,19). The Balaban J connectivity index is 2.13. The van der Waals surface area contributed by atoms with E-state index in [0.29, 0.717) is 24.3 Å². The molecule has 0 radical (unpaired) electrons. The summed E-state index contributed by atoms with van der Waals surface area (Å²) in [4.78, 5) is 23.6. The molecule has 0 aliphatic heterocycles. The van der Waals surface area contributed by atoms with Crippen molar-refractivity contribution < 1.29 is 14.7 Å². The molecule has 1 fully saturated rings. The van der Waals surface area contributed by atoms with E-state index in [9.17, 15) is 14.7 Å². The first kappa shape index (κ1) is 13.6. The lowest BCUT2D eigenvalue weighted by Crippen LogP contribution is -2.56. The highest BCUT2D eigenvalue weighted by Crippen LogP contribution is 2.32. The van der Waals surface area contributed by atoms with Crippen LogP contribution in [0.15, 0.2) is 12.4 Å². The number of amides is 1. The predicted molar refractivity (Wildman–Crippen MR) is 68.7 cm³/mol. The minimum Gasteiger partial charge on any atom is -0.480 e. The number of nitrogens with zero attached hydrogens (tertiary/aromatic N) is 2. The fourth-order valence-electron chi connectivity index (χ4n) is 2.48. The van der Waals surface area contributed by atoms with Gasteiger partial charge in [0.15, 0.2) is 0 Å². The molecule has 1 amide bonds. The van der Waals surface area contributed by atoms with E-state index in [0.717, 1.165) is 12.8 Å². The maximum absolute atomic E-state index is 12.1. The monoisotopic (exact) mass is 265 g/mol. The number of rotatable bonds is 3. The van der Waals surface area contributed by atoms with Crippen molar-refractivity contribution in [2.75, 3.05) is 0 Å². The highest BCUT2D eigenvalue weighted by Gasteiger charge is 2.42. The van der Waals surface area contributed by atoms with Crippen molar-refractivity contribution in [3.8, 4) is 0 Å². The fraction of sp³-hybridized carbons (Fsp3) is 0.615. The van der Waals surface area contributed by atoms with E-state index in [1.165, 1.54) is 10.9 Å². The third kappa shape index (κ3) is 2.77. The van der Waals surface area contributed by atoms with Crippen LogP contribution in [-0.4, -0.2) is 32.3 Å². The minimum atomic E-state index is -1.13. The van der Waals surface area contributed by atoms with Crippen molar-refractivity contribution in [1.29, 1.82) is 0 Å². The highest BCUT2D eigenvalue weighted by atomic mass is 16.4. The van der Waals surface area contributed by atoms with E-state index < -0.39 is 11.5 Å². The summed E-state index contributed by atoms with van der Waals surface area (Å²) >= 11 is 0. The van der Waals surface area contributed by atoms with E-state index in [-0.39, 0.29) is 5.91 Å². The summed E-state index contributed by atoms with van der Waals surface area (Å²) in [5.41, 5.74) is -0.735. The van der Waals surface area contributed by atoms with Crippen LogP contribution in [0.3, 0.4) is 0 Å². The highest BCUT2D eigenvalue weighted by molar-refractivity contribution is 5.97. The van der Waals surface area contributed by atoms with Gasteiger partial charge >= 0.3 is 5.97 Å². The molecule has 104 valence electrons. The Morgan fingerprint density at radius 2 is 2.11 bits per heavy atom. The molecular formula is C13H19N3O3. The third-order valence-corrected chi connectivity index (χ3v) is 3.86. The maximum atomic E-state index is 12.1. The summed E-state index contributed by atoms with van der Waals surface area (Å²) < 4.78 is 1.52. The van der Waals surface area contributed by atoms with E-state index in [4.69, 9.17) is 0 Å². The summed E-state index contributed by atoms with van der Waals surface area (Å²) in [5, 5.41) is 16.0. The minimum absolute atomic E-state index is 0.370. The Kier molecular flexibility index (Phi) is 3.59. The van der Waals surface area contributed by atoms with E-state index >= 15 is 0 Å². The lowest BCUT2D eigenvalue weighted by atomic mass is 9.77. The quantitative estimate of drug-likeness (QED) is 0.859. The molecule has 19 heavy (non-hydrogen) atoms. The van der Waals surface area contributed by atoms with Crippen LogP contribution in [0, 0.1) is 5.92 Å². The second-order valence-electron chi connectivity index (χ2n) is 5.43. The Bertz CT molecular complexity index is 487. The van der Waals surface area contributed by atoms with Crippen molar-refractivity contribution in [3.05, 3.63) is 18.0 Å². The lowest BCUT2D eigenvalue weighted by molar-refractivity contribution is -0.146. The van der Waals surface area contributed by atoms with Crippen LogP contribution in [0.5, 0.6) is 0 Å². The van der Waals surface area contributed by atoms with Gasteiger partial charge in [0.1, 0.15) is 5.54 Å². The largest absolute Gasteiger partial charge is 0.480 e. The molecule has 1 heterocycles. The zero-order valence-electron chi connectivity index (χ0n) is 11.2. The first-order valence-electron chi connectivity index (χ1n) is 6.47. The summed E-state index contributed by atoms with van der Waals surface area (Å²) in [5.74, 6) is -0.801. The number of nitrogens with one attached hydrogen (secondary N) is 1. The Labute approximate surface area is 111 Å². The average molecular weight is 265 g/mol. The third-order valence-electron chi connectivity index (χ3n) is 3.86. The predicted octanol–water partition coefficient (Wildman–Crippen LogP) is 1.18. The molecule has 1 aromatic heterocycles. The zero-order valence-corrected chi connectivity index (χ0v) is 11.2. The molecule has 0 bridgehead atoms. The van der Waals surface area contributed by atoms with Gasteiger partial charge in [-0.25, -0.2) is 4.79 Å². The number of aromatic nitrogens is 2. The topological polar surface area (TPSA) is 84.2 Å². The molecule has 0 saturated heterocycles. The molecule has 1 aliphatic carbocycles. The van der Waals surface area contributed by atoms with Crippen LogP contribution < -0.4 is 5.32 Å². The Morgan fingerprint density at radius 3 is 2.58 bits per heavy atom. The molecule has 6 nitrogen and oxygen atoms in total. The number of aryl methyl sites for hydroxylation is 1. The van der Waals surface area contributed by atoms with Gasteiger partial charge in [-0.15, -0.1) is 0 Å². The molecule has 0 aromatic carbocycles. The van der Waals surface area contributed by atoms with Gasteiger partial charge in [0.25, 0.3) is 5.91 Å². The molecule has 0 unspecified atom stereocenters. The molecule has 0 spiro atoms.